The van der Waals surface area contributed by atoms with Crippen molar-refractivity contribution in [2.24, 2.45) is 5.92 Å². The highest BCUT2D eigenvalue weighted by atomic mass is 32.2. The van der Waals surface area contributed by atoms with Crippen LogP contribution in [0.5, 0.6) is 0 Å². The van der Waals surface area contributed by atoms with Crippen molar-refractivity contribution >= 4 is 40.9 Å². The predicted octanol–water partition coefficient (Wildman–Crippen LogP) is 6.21. The maximum Gasteiger partial charge on any atom is 0.471 e. The normalized spacial score (nSPS) is 22.9. The van der Waals surface area contributed by atoms with Gasteiger partial charge in [0.2, 0.25) is 11.8 Å². The molecular formula is C34H36F3N3O6S. The summed E-state index contributed by atoms with van der Waals surface area (Å²) >= 11 is 1.59. The second-order valence-electron chi connectivity index (χ2n) is 11.6. The zero-order chi connectivity index (χ0) is 33.7. The highest BCUT2D eigenvalue weighted by Crippen LogP contribution is 2.43. The number of aliphatic hydroxyl groups excluding tert-OH is 1. The van der Waals surface area contributed by atoms with E-state index in [1.54, 1.807) is 36.0 Å². The van der Waals surface area contributed by atoms with Crippen molar-refractivity contribution in [2.75, 3.05) is 22.9 Å². The fourth-order valence-electron chi connectivity index (χ4n) is 5.76. The summed E-state index contributed by atoms with van der Waals surface area (Å²) in [6, 6.07) is 20.5. The van der Waals surface area contributed by atoms with Crippen LogP contribution in [0.2, 0.25) is 0 Å². The van der Waals surface area contributed by atoms with Crippen molar-refractivity contribution in [1.82, 2.24) is 4.90 Å². The van der Waals surface area contributed by atoms with Crippen LogP contribution in [0.4, 0.5) is 24.5 Å². The average Bonchev–Trinajstić information content (AvgIpc) is 3.54. The quantitative estimate of drug-likeness (QED) is 0.232. The van der Waals surface area contributed by atoms with Crippen LogP contribution in [0.3, 0.4) is 0 Å². The highest BCUT2D eigenvalue weighted by molar-refractivity contribution is 7.99. The van der Waals surface area contributed by atoms with Crippen LogP contribution >= 0.6 is 11.8 Å². The number of carbonyl (C=O) groups is 3. The minimum Gasteiger partial charge on any atom is -0.392 e. The number of nitrogens with zero attached hydrogens (tertiary/aromatic N) is 1. The number of carbonyl (C=O) groups excluding carboxylic acids is 3. The van der Waals surface area contributed by atoms with Crippen LogP contribution < -0.4 is 10.6 Å². The van der Waals surface area contributed by atoms with Gasteiger partial charge >= 0.3 is 12.1 Å². The third kappa shape index (κ3) is 8.52. The van der Waals surface area contributed by atoms with E-state index in [2.05, 4.69) is 10.6 Å². The Labute approximate surface area is 274 Å². The molecule has 2 fully saturated rings. The van der Waals surface area contributed by atoms with Crippen LogP contribution in [0.15, 0.2) is 77.7 Å². The van der Waals surface area contributed by atoms with E-state index in [0.29, 0.717) is 34.0 Å². The van der Waals surface area contributed by atoms with Gasteiger partial charge in [0.1, 0.15) is 6.04 Å². The predicted molar refractivity (Wildman–Crippen MR) is 170 cm³/mol. The minimum absolute atomic E-state index is 0.0835. The third-order valence-corrected chi connectivity index (χ3v) is 9.30. The second-order valence-corrected chi connectivity index (χ2v) is 12.7. The average molecular weight is 672 g/mol. The minimum atomic E-state index is -5.06. The first-order valence-corrected chi connectivity index (χ1v) is 16.2. The summed E-state index contributed by atoms with van der Waals surface area (Å²) in [4.78, 5) is 37.9. The van der Waals surface area contributed by atoms with E-state index in [1.165, 1.54) is 6.92 Å². The number of ether oxygens (including phenoxy) is 2. The van der Waals surface area contributed by atoms with Crippen molar-refractivity contribution in [3.63, 3.8) is 0 Å². The van der Waals surface area contributed by atoms with Gasteiger partial charge < -0.3 is 30.1 Å². The lowest BCUT2D eigenvalue weighted by atomic mass is 9.91. The third-order valence-electron chi connectivity index (χ3n) is 8.20. The molecule has 0 radical (unpaired) electrons. The number of nitrogens with one attached hydrogen (secondary N) is 2. The number of amides is 3. The van der Waals surface area contributed by atoms with Gasteiger partial charge in [0.15, 0.2) is 6.29 Å². The molecule has 0 aromatic heterocycles. The first-order chi connectivity index (χ1) is 22.4. The smallest absolute Gasteiger partial charge is 0.392 e. The Morgan fingerprint density at radius 2 is 1.68 bits per heavy atom. The lowest BCUT2D eigenvalue weighted by Crippen LogP contribution is -2.48. The Kier molecular flexibility index (Phi) is 10.9. The number of alkyl halides is 3. The molecule has 2 aliphatic heterocycles. The molecule has 2 saturated heterocycles. The van der Waals surface area contributed by atoms with Crippen LogP contribution in [-0.4, -0.2) is 58.3 Å². The second kappa shape index (κ2) is 14.9. The Morgan fingerprint density at radius 3 is 2.34 bits per heavy atom. The largest absolute Gasteiger partial charge is 0.471 e. The molecular weight excluding hydrogens is 635 g/mol. The van der Waals surface area contributed by atoms with E-state index < -0.39 is 30.3 Å². The van der Waals surface area contributed by atoms with Gasteiger partial charge in [-0.3, -0.25) is 14.4 Å². The summed E-state index contributed by atoms with van der Waals surface area (Å²) in [5.74, 6) is -2.38. The van der Waals surface area contributed by atoms with Gasteiger partial charge in [-0.25, -0.2) is 0 Å². The topological polar surface area (TPSA) is 117 Å². The van der Waals surface area contributed by atoms with Gasteiger partial charge in [-0.1, -0.05) is 43.3 Å². The monoisotopic (exact) mass is 671 g/mol. The molecule has 0 spiro atoms. The molecule has 0 unspecified atom stereocenters. The highest BCUT2D eigenvalue weighted by Gasteiger charge is 2.47. The van der Waals surface area contributed by atoms with Crippen LogP contribution in [-0.2, 0) is 30.5 Å². The Hall–Kier alpha value is -3.91. The fraction of sp³-hybridized carbons (Fsp3) is 0.382. The number of benzene rings is 3. The van der Waals surface area contributed by atoms with Gasteiger partial charge in [0.05, 0.1) is 18.8 Å². The fourth-order valence-corrected chi connectivity index (χ4v) is 6.83. The number of aliphatic hydroxyl groups is 1. The van der Waals surface area contributed by atoms with Crippen LogP contribution in [0.1, 0.15) is 55.8 Å². The van der Waals surface area contributed by atoms with Gasteiger partial charge in [-0.2, -0.15) is 13.2 Å². The molecule has 0 bridgehead atoms. The van der Waals surface area contributed by atoms with Crippen LogP contribution in [0, 0.1) is 5.92 Å². The lowest BCUT2D eigenvalue weighted by Gasteiger charge is -2.41. The lowest BCUT2D eigenvalue weighted by molar-refractivity contribution is -0.268. The number of thioether (sulfide) groups is 1. The molecule has 13 heteroatoms. The molecule has 2 heterocycles. The number of halogens is 3. The molecule has 2 aliphatic rings. The summed E-state index contributed by atoms with van der Waals surface area (Å²) < 4.78 is 52.3. The summed E-state index contributed by atoms with van der Waals surface area (Å²) in [5.41, 5.74) is 3.29. The molecule has 0 saturated carbocycles. The standard InChI is InChI=1S/C34H36F3N3O6S/c1-20-29(19-47-27-14-12-25(13-15-27)38-21(2)42)45-32(46-30(20)23-10-8-22(18-41)9-11-23)24-5-3-6-26(17-24)39-31(43)28-7-4-16-40(28)33(44)34(35,36)37/h3,5-6,8-15,17,20,28-30,32,41H,4,7,16,18-19H2,1-2H3,(H,38,42)(H,39,43)/t20-,28+,29+,30+,32+/m1/s1. The summed E-state index contributed by atoms with van der Waals surface area (Å²) in [6.07, 6.45) is -6.14. The van der Waals surface area contributed by atoms with Gasteiger partial charge in [-0.05, 0) is 60.4 Å². The molecule has 5 rings (SSSR count). The van der Waals surface area contributed by atoms with Crippen molar-refractivity contribution in [2.45, 2.75) is 68.9 Å². The molecule has 5 atom stereocenters. The molecule has 3 amide bonds. The Morgan fingerprint density at radius 1 is 0.957 bits per heavy atom. The Balaban J connectivity index is 1.34. The number of rotatable bonds is 9. The number of hydrogen-bond donors (Lipinski definition) is 3. The Bertz CT molecular complexity index is 1570. The molecule has 47 heavy (non-hydrogen) atoms. The molecule has 0 aliphatic carbocycles. The van der Waals surface area contributed by atoms with E-state index in [9.17, 15) is 32.7 Å². The van der Waals surface area contributed by atoms with E-state index in [0.717, 1.165) is 16.0 Å². The number of likely N-dealkylation sites (tertiary alicyclic amines) is 1. The van der Waals surface area contributed by atoms with E-state index in [-0.39, 0.29) is 43.6 Å². The van der Waals surface area contributed by atoms with E-state index in [1.807, 2.05) is 55.5 Å². The van der Waals surface area contributed by atoms with Gasteiger partial charge in [-0.15, -0.1) is 11.8 Å². The summed E-state index contributed by atoms with van der Waals surface area (Å²) in [6.45, 7) is 3.26. The zero-order valence-corrected chi connectivity index (χ0v) is 26.6. The van der Waals surface area contributed by atoms with Crippen LogP contribution in [0.25, 0.3) is 0 Å². The molecule has 3 N–H and O–H groups in total. The van der Waals surface area contributed by atoms with Crippen molar-refractivity contribution in [3.05, 3.63) is 89.5 Å². The van der Waals surface area contributed by atoms with E-state index in [4.69, 9.17) is 9.47 Å². The number of anilines is 2. The SMILES string of the molecule is CC(=O)Nc1ccc(SC[C@@H]2O[C@H](c3cccc(NC(=O)[C@@H]4CCCN4C(=O)C(F)(F)F)c3)O[C@H](c3ccc(CO)cc3)[C@@H]2C)cc1. The molecule has 250 valence electrons. The molecule has 3 aromatic carbocycles. The van der Waals surface area contributed by atoms with Gasteiger partial charge in [0, 0.05) is 47.0 Å². The van der Waals surface area contributed by atoms with Crippen molar-refractivity contribution < 1.29 is 42.1 Å². The maximum atomic E-state index is 13.1. The maximum absolute atomic E-state index is 13.1. The molecule has 9 nitrogen and oxygen atoms in total. The first-order valence-electron chi connectivity index (χ1n) is 15.2. The first kappa shape index (κ1) is 34.4. The van der Waals surface area contributed by atoms with Gasteiger partial charge in [0.25, 0.3) is 0 Å². The summed E-state index contributed by atoms with van der Waals surface area (Å²) in [7, 11) is 0. The zero-order valence-electron chi connectivity index (χ0n) is 25.8. The van der Waals surface area contributed by atoms with Crippen molar-refractivity contribution in [3.8, 4) is 0 Å². The number of hydrogen-bond acceptors (Lipinski definition) is 7. The van der Waals surface area contributed by atoms with E-state index >= 15 is 0 Å². The molecule has 3 aromatic rings. The van der Waals surface area contributed by atoms with Crippen molar-refractivity contribution in [1.29, 1.82) is 0 Å². The summed E-state index contributed by atoms with van der Waals surface area (Å²) in [5, 5.41) is 14.9.